The lowest BCUT2D eigenvalue weighted by atomic mass is 10.1. The highest BCUT2D eigenvalue weighted by molar-refractivity contribution is 5.83. The molecule has 0 unspecified atom stereocenters. The summed E-state index contributed by atoms with van der Waals surface area (Å²) < 4.78 is 13.3. The Morgan fingerprint density at radius 1 is 1.26 bits per heavy atom. The Hall–Kier alpha value is -1.68. The van der Waals surface area contributed by atoms with Crippen molar-refractivity contribution in [2.75, 3.05) is 19.6 Å². The number of fused-ring (bicyclic) bond motifs is 1. The van der Waals surface area contributed by atoms with Crippen LogP contribution in [0.15, 0.2) is 24.4 Å². The highest BCUT2D eigenvalue weighted by Gasteiger charge is 2.16. The highest BCUT2D eigenvalue weighted by Crippen LogP contribution is 2.20. The van der Waals surface area contributed by atoms with E-state index in [4.69, 9.17) is 0 Å². The number of hydrogen-bond donors (Lipinski definition) is 1. The van der Waals surface area contributed by atoms with Gasteiger partial charge in [-0.15, -0.1) is 0 Å². The third kappa shape index (κ3) is 2.68. The molecule has 1 aliphatic rings. The first kappa shape index (κ1) is 12.4. The molecule has 1 fully saturated rings. The number of benzene rings is 1. The van der Waals surface area contributed by atoms with Crippen LogP contribution >= 0.6 is 0 Å². The number of carbonyl (C=O) groups is 1. The molecule has 2 heterocycles. The van der Waals surface area contributed by atoms with Crippen LogP contribution in [0.1, 0.15) is 18.4 Å². The van der Waals surface area contributed by atoms with E-state index in [0.29, 0.717) is 18.6 Å². The summed E-state index contributed by atoms with van der Waals surface area (Å²) in [4.78, 5) is 16.7. The van der Waals surface area contributed by atoms with E-state index in [1.807, 2.05) is 6.20 Å². The van der Waals surface area contributed by atoms with Gasteiger partial charge >= 0.3 is 0 Å². The predicted molar refractivity (Wildman–Crippen MR) is 72.6 cm³/mol. The molecule has 1 aliphatic heterocycles. The summed E-state index contributed by atoms with van der Waals surface area (Å²) in [7, 11) is 0. The molecule has 1 aromatic carbocycles. The van der Waals surface area contributed by atoms with Crippen LogP contribution < -0.4 is 0 Å². The quantitative estimate of drug-likeness (QED) is 0.920. The van der Waals surface area contributed by atoms with Crippen molar-refractivity contribution < 1.29 is 9.18 Å². The molecule has 0 saturated carbocycles. The number of likely N-dealkylation sites (tertiary alicyclic amines) is 1. The summed E-state index contributed by atoms with van der Waals surface area (Å²) in [6.45, 7) is 2.64. The fraction of sp³-hybridized carbons (Fsp3) is 0.400. The normalized spacial score (nSPS) is 17.2. The van der Waals surface area contributed by atoms with Crippen molar-refractivity contribution in [1.29, 1.82) is 0 Å². The first-order valence-corrected chi connectivity index (χ1v) is 6.72. The largest absolute Gasteiger partial charge is 0.361 e. The molecule has 100 valence electrons. The second kappa shape index (κ2) is 5.13. The van der Waals surface area contributed by atoms with E-state index in [1.54, 1.807) is 12.1 Å². The average Bonchev–Trinajstić information content (AvgIpc) is 2.80. The van der Waals surface area contributed by atoms with E-state index in [1.165, 1.54) is 6.07 Å². The van der Waals surface area contributed by atoms with Gasteiger partial charge in [-0.2, -0.15) is 0 Å². The smallest absolute Gasteiger partial charge is 0.135 e. The highest BCUT2D eigenvalue weighted by atomic mass is 19.1. The number of rotatable bonds is 3. The van der Waals surface area contributed by atoms with Crippen LogP contribution in [0.25, 0.3) is 10.9 Å². The molecule has 0 spiro atoms. The van der Waals surface area contributed by atoms with Crippen molar-refractivity contribution in [3.63, 3.8) is 0 Å². The molecule has 0 aliphatic carbocycles. The zero-order chi connectivity index (χ0) is 13.2. The minimum absolute atomic E-state index is 0.197. The van der Waals surface area contributed by atoms with Crippen LogP contribution in [0.5, 0.6) is 0 Å². The van der Waals surface area contributed by atoms with Crippen LogP contribution in [0.3, 0.4) is 0 Å². The van der Waals surface area contributed by atoms with E-state index in [2.05, 4.69) is 9.88 Å². The van der Waals surface area contributed by atoms with Crippen LogP contribution in [-0.2, 0) is 11.2 Å². The zero-order valence-electron chi connectivity index (χ0n) is 10.8. The van der Waals surface area contributed by atoms with Gasteiger partial charge in [-0.3, -0.25) is 4.79 Å². The number of aromatic nitrogens is 1. The Balaban J connectivity index is 1.68. The van der Waals surface area contributed by atoms with Crippen molar-refractivity contribution in [2.24, 2.45) is 0 Å². The second-order valence-electron chi connectivity index (χ2n) is 5.13. The number of H-pyrrole nitrogens is 1. The number of piperidine rings is 1. The van der Waals surface area contributed by atoms with Gasteiger partial charge in [0.15, 0.2) is 0 Å². The van der Waals surface area contributed by atoms with E-state index >= 15 is 0 Å². The van der Waals surface area contributed by atoms with E-state index in [0.717, 1.165) is 42.5 Å². The van der Waals surface area contributed by atoms with Gasteiger partial charge in [0, 0.05) is 49.6 Å². The lowest BCUT2D eigenvalue weighted by Gasteiger charge is -2.25. The zero-order valence-corrected chi connectivity index (χ0v) is 10.8. The first-order valence-electron chi connectivity index (χ1n) is 6.72. The number of nitrogens with one attached hydrogen (secondary N) is 1. The van der Waals surface area contributed by atoms with Gasteiger partial charge in [0.2, 0.25) is 0 Å². The molecule has 1 saturated heterocycles. The third-order valence-corrected chi connectivity index (χ3v) is 3.84. The molecule has 19 heavy (non-hydrogen) atoms. The van der Waals surface area contributed by atoms with Crippen LogP contribution in [0.2, 0.25) is 0 Å². The molecule has 0 bridgehead atoms. The molecular formula is C15H17FN2O. The summed E-state index contributed by atoms with van der Waals surface area (Å²) in [5.74, 6) is 0.169. The maximum Gasteiger partial charge on any atom is 0.135 e. The topological polar surface area (TPSA) is 36.1 Å². The molecule has 0 amide bonds. The van der Waals surface area contributed by atoms with E-state index < -0.39 is 0 Å². The Kier molecular flexibility index (Phi) is 3.34. The summed E-state index contributed by atoms with van der Waals surface area (Å²) in [5.41, 5.74) is 2.12. The third-order valence-electron chi connectivity index (χ3n) is 3.84. The van der Waals surface area contributed by atoms with Crippen molar-refractivity contribution in [2.45, 2.75) is 19.3 Å². The minimum Gasteiger partial charge on any atom is -0.361 e. The number of ketones is 1. The maximum absolute atomic E-state index is 13.3. The van der Waals surface area contributed by atoms with Gasteiger partial charge < -0.3 is 9.88 Å². The van der Waals surface area contributed by atoms with Gasteiger partial charge in [0.1, 0.15) is 11.6 Å². The van der Waals surface area contributed by atoms with Gasteiger partial charge in [-0.05, 0) is 30.2 Å². The number of aromatic amines is 1. The van der Waals surface area contributed by atoms with E-state index in [9.17, 15) is 9.18 Å². The van der Waals surface area contributed by atoms with Crippen molar-refractivity contribution in [3.05, 3.63) is 35.8 Å². The lowest BCUT2D eigenvalue weighted by Crippen LogP contribution is -2.35. The second-order valence-corrected chi connectivity index (χ2v) is 5.13. The fourth-order valence-corrected chi connectivity index (χ4v) is 2.66. The Labute approximate surface area is 111 Å². The molecule has 2 aromatic rings. The molecule has 3 nitrogen and oxygen atoms in total. The van der Waals surface area contributed by atoms with Crippen LogP contribution in [0, 0.1) is 5.82 Å². The summed E-state index contributed by atoms with van der Waals surface area (Å²) in [5, 5.41) is 0.966. The summed E-state index contributed by atoms with van der Waals surface area (Å²) >= 11 is 0. The SMILES string of the molecule is O=C1CCN(CCc2c[nH]c3ccc(F)cc23)CC1. The Morgan fingerprint density at radius 2 is 2.05 bits per heavy atom. The monoisotopic (exact) mass is 260 g/mol. The first-order chi connectivity index (χ1) is 9.22. The molecule has 0 radical (unpaired) electrons. The molecule has 1 N–H and O–H groups in total. The van der Waals surface area contributed by atoms with Crippen molar-refractivity contribution in [1.82, 2.24) is 9.88 Å². The van der Waals surface area contributed by atoms with Gasteiger partial charge in [0.05, 0.1) is 0 Å². The number of hydrogen-bond acceptors (Lipinski definition) is 2. The average molecular weight is 260 g/mol. The van der Waals surface area contributed by atoms with Gasteiger partial charge in [-0.25, -0.2) is 4.39 Å². The fourth-order valence-electron chi connectivity index (χ4n) is 2.66. The number of carbonyl (C=O) groups excluding carboxylic acids is 1. The summed E-state index contributed by atoms with van der Waals surface area (Å²) in [6, 6.07) is 4.83. The standard InChI is InChI=1S/C15H17FN2O/c16-12-1-2-15-14(9-12)11(10-17-15)3-6-18-7-4-13(19)5-8-18/h1-2,9-10,17H,3-8H2. The molecule has 3 rings (SSSR count). The Bertz CT molecular complexity index is 595. The van der Waals surface area contributed by atoms with E-state index in [-0.39, 0.29) is 5.82 Å². The van der Waals surface area contributed by atoms with Crippen LogP contribution in [-0.4, -0.2) is 35.3 Å². The Morgan fingerprint density at radius 3 is 2.84 bits per heavy atom. The van der Waals surface area contributed by atoms with Crippen molar-refractivity contribution in [3.8, 4) is 0 Å². The number of Topliss-reactive ketones (excluding diaryl/α,β-unsaturated/α-hetero) is 1. The number of nitrogens with zero attached hydrogens (tertiary/aromatic N) is 1. The van der Waals surface area contributed by atoms with Gasteiger partial charge in [-0.1, -0.05) is 0 Å². The summed E-state index contributed by atoms with van der Waals surface area (Å²) in [6.07, 6.45) is 4.18. The molecule has 1 aromatic heterocycles. The molecular weight excluding hydrogens is 243 g/mol. The minimum atomic E-state index is -0.197. The van der Waals surface area contributed by atoms with Crippen LogP contribution in [0.4, 0.5) is 4.39 Å². The maximum atomic E-state index is 13.3. The molecule has 4 heteroatoms. The predicted octanol–water partition coefficient (Wildman–Crippen LogP) is 2.51. The molecule has 0 atom stereocenters. The number of halogens is 1. The lowest BCUT2D eigenvalue weighted by molar-refractivity contribution is -0.121. The van der Waals surface area contributed by atoms with Gasteiger partial charge in [0.25, 0.3) is 0 Å². The van der Waals surface area contributed by atoms with Crippen molar-refractivity contribution >= 4 is 16.7 Å².